The van der Waals surface area contributed by atoms with Gasteiger partial charge in [-0.25, -0.2) is 4.98 Å². The number of hydrogen-bond donors (Lipinski definition) is 1. The topological polar surface area (TPSA) is 71.3 Å². The van der Waals surface area contributed by atoms with Gasteiger partial charge in [0.25, 0.3) is 0 Å². The molecular formula is C22H25ClN4O2. The number of nitrogens with one attached hydrogen (secondary N) is 1. The first-order chi connectivity index (χ1) is 13.8. The Kier molecular flexibility index (Phi) is 5.21. The highest BCUT2D eigenvalue weighted by Gasteiger charge is 2.29. The van der Waals surface area contributed by atoms with E-state index in [1.54, 1.807) is 6.07 Å². The Hall–Kier alpha value is -2.60. The molecule has 0 bridgehead atoms. The summed E-state index contributed by atoms with van der Waals surface area (Å²) in [6.07, 6.45) is 1.78. The van der Waals surface area contributed by atoms with Crippen molar-refractivity contribution in [2.45, 2.75) is 40.5 Å². The van der Waals surface area contributed by atoms with Gasteiger partial charge >= 0.3 is 0 Å². The molecule has 29 heavy (non-hydrogen) atoms. The zero-order chi connectivity index (χ0) is 20.7. The lowest BCUT2D eigenvalue weighted by atomic mass is 9.96. The first-order valence-corrected chi connectivity index (χ1v) is 10.3. The number of anilines is 2. The van der Waals surface area contributed by atoms with E-state index in [0.29, 0.717) is 23.1 Å². The number of aromatic nitrogens is 2. The molecule has 3 aromatic rings. The Morgan fingerprint density at radius 2 is 2.03 bits per heavy atom. The van der Waals surface area contributed by atoms with Crippen molar-refractivity contribution in [3.63, 3.8) is 0 Å². The molecule has 1 fully saturated rings. The second-order valence-corrected chi connectivity index (χ2v) is 8.23. The Morgan fingerprint density at radius 3 is 2.79 bits per heavy atom. The molecule has 0 saturated carbocycles. The molecule has 0 radical (unpaired) electrons. The van der Waals surface area contributed by atoms with E-state index in [9.17, 15) is 4.79 Å². The molecule has 1 aromatic carbocycles. The molecule has 0 aliphatic carbocycles. The normalized spacial score (nSPS) is 17.0. The van der Waals surface area contributed by atoms with Crippen LogP contribution in [0.25, 0.3) is 11.1 Å². The van der Waals surface area contributed by atoms with Crippen LogP contribution in [0.2, 0.25) is 5.02 Å². The van der Waals surface area contributed by atoms with Gasteiger partial charge in [-0.05, 0) is 64.3 Å². The van der Waals surface area contributed by atoms with Gasteiger partial charge in [-0.15, -0.1) is 0 Å². The summed E-state index contributed by atoms with van der Waals surface area (Å²) in [6.45, 7) is 9.26. The van der Waals surface area contributed by atoms with Crippen molar-refractivity contribution in [3.05, 3.63) is 45.9 Å². The zero-order valence-electron chi connectivity index (χ0n) is 17.2. The number of aryl methyl sites for hydroxylation is 4. The van der Waals surface area contributed by atoms with Crippen molar-refractivity contribution in [3.8, 4) is 0 Å². The van der Waals surface area contributed by atoms with Gasteiger partial charge in [0.15, 0.2) is 0 Å². The van der Waals surface area contributed by atoms with Crippen molar-refractivity contribution in [1.82, 2.24) is 9.97 Å². The number of furan rings is 1. The number of benzene rings is 1. The van der Waals surface area contributed by atoms with Gasteiger partial charge in [-0.1, -0.05) is 11.6 Å². The highest BCUT2D eigenvalue weighted by atomic mass is 35.5. The lowest BCUT2D eigenvalue weighted by Crippen LogP contribution is -2.41. The molecule has 1 atom stereocenters. The van der Waals surface area contributed by atoms with Crippen LogP contribution in [0.3, 0.4) is 0 Å². The van der Waals surface area contributed by atoms with E-state index in [-0.39, 0.29) is 11.8 Å². The fourth-order valence-electron chi connectivity index (χ4n) is 3.95. The van der Waals surface area contributed by atoms with Crippen LogP contribution >= 0.6 is 11.6 Å². The number of fused-ring (bicyclic) bond motifs is 1. The van der Waals surface area contributed by atoms with E-state index >= 15 is 0 Å². The maximum atomic E-state index is 13.0. The Labute approximate surface area is 175 Å². The maximum absolute atomic E-state index is 13.0. The summed E-state index contributed by atoms with van der Waals surface area (Å²) >= 11 is 6.02. The quantitative estimate of drug-likeness (QED) is 0.657. The molecule has 1 amide bonds. The molecule has 0 spiro atoms. The summed E-state index contributed by atoms with van der Waals surface area (Å²) in [5.74, 6) is 2.30. The lowest BCUT2D eigenvalue weighted by Gasteiger charge is -2.33. The van der Waals surface area contributed by atoms with E-state index in [4.69, 9.17) is 21.0 Å². The molecule has 4 rings (SSSR count). The minimum Gasteiger partial charge on any atom is -0.443 e. The predicted molar refractivity (Wildman–Crippen MR) is 116 cm³/mol. The molecule has 3 heterocycles. The van der Waals surface area contributed by atoms with Crippen molar-refractivity contribution in [2.75, 3.05) is 23.3 Å². The molecule has 1 aliphatic heterocycles. The molecule has 6 nitrogen and oxygen atoms in total. The average molecular weight is 413 g/mol. The standard InChI is InChI=1S/C22H25ClN4O2/c1-12-10-17(23)7-8-18(12)26-21(28)16-6-5-9-27(11-16)20-19-13(2)14(3)29-22(19)25-15(4)24-20/h7-8,10,16H,5-6,9,11H2,1-4H3,(H,26,28). The third-order valence-corrected chi connectivity index (χ3v) is 5.89. The maximum Gasteiger partial charge on any atom is 0.231 e. The molecular weight excluding hydrogens is 388 g/mol. The van der Waals surface area contributed by atoms with Crippen LogP contribution in [0, 0.1) is 33.6 Å². The van der Waals surface area contributed by atoms with Crippen LogP contribution in [-0.2, 0) is 4.79 Å². The van der Waals surface area contributed by atoms with Gasteiger partial charge in [-0.2, -0.15) is 4.98 Å². The largest absolute Gasteiger partial charge is 0.443 e. The summed E-state index contributed by atoms with van der Waals surface area (Å²) in [5.41, 5.74) is 3.43. The van der Waals surface area contributed by atoms with Crippen molar-refractivity contribution in [2.24, 2.45) is 5.92 Å². The van der Waals surface area contributed by atoms with Gasteiger partial charge in [0.1, 0.15) is 17.4 Å². The van der Waals surface area contributed by atoms with E-state index in [2.05, 4.69) is 15.2 Å². The monoisotopic (exact) mass is 412 g/mol. The van der Waals surface area contributed by atoms with E-state index in [1.807, 2.05) is 39.8 Å². The van der Waals surface area contributed by atoms with Crippen LogP contribution in [0.5, 0.6) is 0 Å². The zero-order valence-corrected chi connectivity index (χ0v) is 17.9. The Bertz CT molecular complexity index is 1090. The van der Waals surface area contributed by atoms with E-state index in [1.165, 1.54) is 0 Å². The number of nitrogens with zero attached hydrogens (tertiary/aromatic N) is 3. The number of carbonyl (C=O) groups is 1. The van der Waals surface area contributed by atoms with E-state index < -0.39 is 0 Å². The number of carbonyl (C=O) groups excluding carboxylic acids is 1. The third-order valence-electron chi connectivity index (χ3n) is 5.66. The van der Waals surface area contributed by atoms with Gasteiger partial charge in [-0.3, -0.25) is 4.79 Å². The molecule has 1 N–H and O–H groups in total. The summed E-state index contributed by atoms with van der Waals surface area (Å²) in [4.78, 5) is 24.3. The fourth-order valence-corrected chi connectivity index (χ4v) is 4.17. The SMILES string of the molecule is Cc1nc(N2CCCC(C(=O)Nc3ccc(Cl)cc3C)C2)c2c(C)c(C)oc2n1. The fraction of sp³-hybridized carbons (Fsp3) is 0.409. The molecule has 1 aliphatic rings. The van der Waals surface area contributed by atoms with Crippen LogP contribution in [0.4, 0.5) is 11.5 Å². The second-order valence-electron chi connectivity index (χ2n) is 7.79. The van der Waals surface area contributed by atoms with Crippen LogP contribution in [0.15, 0.2) is 22.6 Å². The van der Waals surface area contributed by atoms with E-state index in [0.717, 1.165) is 53.2 Å². The Balaban J connectivity index is 1.59. The summed E-state index contributed by atoms with van der Waals surface area (Å²) in [7, 11) is 0. The predicted octanol–water partition coefficient (Wildman–Crippen LogP) is 4.96. The highest BCUT2D eigenvalue weighted by molar-refractivity contribution is 6.30. The summed E-state index contributed by atoms with van der Waals surface area (Å²) < 4.78 is 5.82. The Morgan fingerprint density at radius 1 is 1.24 bits per heavy atom. The van der Waals surface area contributed by atoms with Crippen LogP contribution in [0.1, 0.15) is 35.6 Å². The number of piperidine rings is 1. The first-order valence-electron chi connectivity index (χ1n) is 9.90. The summed E-state index contributed by atoms with van der Waals surface area (Å²) in [6, 6.07) is 5.50. The molecule has 1 unspecified atom stereocenters. The number of hydrogen-bond acceptors (Lipinski definition) is 5. The number of halogens is 1. The van der Waals surface area contributed by atoms with Gasteiger partial charge in [0, 0.05) is 29.4 Å². The average Bonchev–Trinajstić information content (AvgIpc) is 2.97. The van der Waals surface area contributed by atoms with Gasteiger partial charge < -0.3 is 14.6 Å². The first kappa shape index (κ1) is 19.7. The third kappa shape index (κ3) is 3.81. The van der Waals surface area contributed by atoms with Gasteiger partial charge in [0.2, 0.25) is 11.6 Å². The van der Waals surface area contributed by atoms with Crippen molar-refractivity contribution >= 4 is 40.1 Å². The highest BCUT2D eigenvalue weighted by Crippen LogP contribution is 2.33. The molecule has 1 saturated heterocycles. The minimum absolute atomic E-state index is 0.0299. The van der Waals surface area contributed by atoms with Gasteiger partial charge in [0.05, 0.1) is 11.3 Å². The van der Waals surface area contributed by atoms with Crippen LogP contribution < -0.4 is 10.2 Å². The molecule has 7 heteroatoms. The lowest BCUT2D eigenvalue weighted by molar-refractivity contribution is -0.120. The molecule has 152 valence electrons. The number of amides is 1. The summed E-state index contributed by atoms with van der Waals surface area (Å²) in [5, 5.41) is 4.68. The second kappa shape index (κ2) is 7.67. The van der Waals surface area contributed by atoms with Crippen LogP contribution in [-0.4, -0.2) is 29.0 Å². The minimum atomic E-state index is -0.113. The smallest absolute Gasteiger partial charge is 0.231 e. The number of rotatable bonds is 3. The van der Waals surface area contributed by atoms with Crippen molar-refractivity contribution in [1.29, 1.82) is 0 Å². The van der Waals surface area contributed by atoms with Crippen molar-refractivity contribution < 1.29 is 9.21 Å². The molecule has 2 aromatic heterocycles.